The molecule has 2 aromatic rings. The lowest BCUT2D eigenvalue weighted by molar-refractivity contribution is 0.221. The highest BCUT2D eigenvalue weighted by molar-refractivity contribution is 5.37. The Morgan fingerprint density at radius 2 is 2.18 bits per heavy atom. The molecule has 1 aliphatic rings. The molecule has 0 unspecified atom stereocenters. The molecule has 0 bridgehead atoms. The highest BCUT2D eigenvalue weighted by atomic mass is 16.5. The Balaban J connectivity index is 1.74. The molecule has 0 atom stereocenters. The van der Waals surface area contributed by atoms with Gasteiger partial charge in [-0.05, 0) is 36.6 Å². The minimum Gasteiger partial charge on any atom is -0.502 e. The predicted molar refractivity (Wildman–Crippen MR) is 82.1 cm³/mol. The molecule has 5 heteroatoms. The molecule has 116 valence electrons. The van der Waals surface area contributed by atoms with Crippen molar-refractivity contribution in [3.63, 3.8) is 0 Å². The van der Waals surface area contributed by atoms with Crippen LogP contribution >= 0.6 is 0 Å². The van der Waals surface area contributed by atoms with Gasteiger partial charge in [0.05, 0.1) is 13.2 Å². The summed E-state index contributed by atoms with van der Waals surface area (Å²) in [5, 5.41) is 9.23. The van der Waals surface area contributed by atoms with Gasteiger partial charge in [0.2, 0.25) is 5.43 Å². The maximum Gasteiger partial charge on any atom is 0.226 e. The summed E-state index contributed by atoms with van der Waals surface area (Å²) in [4.78, 5) is 13.7. The van der Waals surface area contributed by atoms with Crippen LogP contribution in [0.15, 0.2) is 39.7 Å². The molecule has 1 aromatic carbocycles. The molecule has 3 rings (SSSR count). The van der Waals surface area contributed by atoms with Crippen molar-refractivity contribution in [3.05, 3.63) is 57.6 Å². The standard InChI is InChI=1S/C17H19NO4/c1-2-21-14-4-3-12-5-6-18(9-13(12)7-14)10-15-8-16(19)17(20)11-22-15/h3-4,7-8,11,20H,2,5-6,9-10H2,1H3. The first-order chi connectivity index (χ1) is 10.7. The fraction of sp³-hybridized carbons (Fsp3) is 0.353. The van der Waals surface area contributed by atoms with E-state index in [2.05, 4.69) is 17.0 Å². The third-order valence-electron chi connectivity index (χ3n) is 3.83. The van der Waals surface area contributed by atoms with Crippen LogP contribution in [0.5, 0.6) is 11.5 Å². The summed E-state index contributed by atoms with van der Waals surface area (Å²) in [5.74, 6) is 1.10. The Bertz CT molecular complexity index is 723. The minimum absolute atomic E-state index is 0.353. The van der Waals surface area contributed by atoms with E-state index in [0.29, 0.717) is 18.9 Å². The number of fused-ring (bicyclic) bond motifs is 1. The second-order valence-corrected chi connectivity index (χ2v) is 5.42. The SMILES string of the molecule is CCOc1ccc2c(c1)CN(Cc1cc(=O)c(O)co1)CC2. The summed E-state index contributed by atoms with van der Waals surface area (Å²) in [6.07, 6.45) is 2.06. The van der Waals surface area contributed by atoms with Gasteiger partial charge in [-0.15, -0.1) is 0 Å². The van der Waals surface area contributed by atoms with Gasteiger partial charge in [-0.1, -0.05) is 6.07 Å². The molecule has 0 spiro atoms. The summed E-state index contributed by atoms with van der Waals surface area (Å²) in [5.41, 5.74) is 2.18. The zero-order valence-electron chi connectivity index (χ0n) is 12.5. The van der Waals surface area contributed by atoms with Crippen LogP contribution in [0.2, 0.25) is 0 Å². The van der Waals surface area contributed by atoms with Gasteiger partial charge < -0.3 is 14.3 Å². The summed E-state index contributed by atoms with van der Waals surface area (Å²) >= 11 is 0. The van der Waals surface area contributed by atoms with Crippen LogP contribution in [0.3, 0.4) is 0 Å². The molecule has 0 aliphatic carbocycles. The average molecular weight is 301 g/mol. The third-order valence-corrected chi connectivity index (χ3v) is 3.83. The molecule has 1 aliphatic heterocycles. The minimum atomic E-state index is -0.405. The van der Waals surface area contributed by atoms with Crippen LogP contribution in [-0.4, -0.2) is 23.2 Å². The topological polar surface area (TPSA) is 62.9 Å². The van der Waals surface area contributed by atoms with E-state index in [1.54, 1.807) is 0 Å². The summed E-state index contributed by atoms with van der Waals surface area (Å²) in [7, 11) is 0. The van der Waals surface area contributed by atoms with Crippen molar-refractivity contribution in [3.8, 4) is 11.5 Å². The lowest BCUT2D eigenvalue weighted by Gasteiger charge is -2.28. The van der Waals surface area contributed by atoms with E-state index < -0.39 is 5.43 Å². The molecule has 5 nitrogen and oxygen atoms in total. The van der Waals surface area contributed by atoms with Crippen molar-refractivity contribution in [2.45, 2.75) is 26.4 Å². The van der Waals surface area contributed by atoms with Gasteiger partial charge >= 0.3 is 0 Å². The first kappa shape index (κ1) is 14.7. The number of nitrogens with zero attached hydrogens (tertiary/aromatic N) is 1. The molecule has 0 radical (unpaired) electrons. The van der Waals surface area contributed by atoms with E-state index in [1.165, 1.54) is 17.2 Å². The first-order valence-electron chi connectivity index (χ1n) is 7.43. The number of ether oxygens (including phenoxy) is 1. The Morgan fingerprint density at radius 1 is 1.32 bits per heavy atom. The third kappa shape index (κ3) is 3.14. The highest BCUT2D eigenvalue weighted by Crippen LogP contribution is 2.25. The van der Waals surface area contributed by atoms with Crippen LogP contribution in [0, 0.1) is 0 Å². The van der Waals surface area contributed by atoms with Gasteiger partial charge in [-0.2, -0.15) is 0 Å². The molecule has 0 amide bonds. The smallest absolute Gasteiger partial charge is 0.226 e. The summed E-state index contributed by atoms with van der Waals surface area (Å²) in [6.45, 7) is 4.87. The number of aromatic hydroxyl groups is 1. The molecule has 1 aromatic heterocycles. The van der Waals surface area contributed by atoms with Gasteiger partial charge in [0.25, 0.3) is 0 Å². The quantitative estimate of drug-likeness (QED) is 0.939. The summed E-state index contributed by atoms with van der Waals surface area (Å²) < 4.78 is 10.8. The zero-order chi connectivity index (χ0) is 15.5. The normalized spacial score (nSPS) is 14.6. The zero-order valence-corrected chi connectivity index (χ0v) is 12.5. The van der Waals surface area contributed by atoms with Crippen molar-refractivity contribution < 1.29 is 14.3 Å². The van der Waals surface area contributed by atoms with Crippen LogP contribution in [0.25, 0.3) is 0 Å². The number of benzene rings is 1. The van der Waals surface area contributed by atoms with E-state index in [1.807, 2.05) is 13.0 Å². The van der Waals surface area contributed by atoms with E-state index in [0.717, 1.165) is 31.5 Å². The fourth-order valence-electron chi connectivity index (χ4n) is 2.73. The molecule has 22 heavy (non-hydrogen) atoms. The van der Waals surface area contributed by atoms with E-state index >= 15 is 0 Å². The van der Waals surface area contributed by atoms with Crippen LogP contribution in [-0.2, 0) is 19.5 Å². The van der Waals surface area contributed by atoms with E-state index in [9.17, 15) is 9.90 Å². The lowest BCUT2D eigenvalue weighted by Crippen LogP contribution is -2.30. The molecule has 0 fully saturated rings. The molecular weight excluding hydrogens is 282 g/mol. The molecule has 0 saturated heterocycles. The van der Waals surface area contributed by atoms with E-state index in [4.69, 9.17) is 9.15 Å². The average Bonchev–Trinajstić information content (AvgIpc) is 2.51. The van der Waals surface area contributed by atoms with Crippen molar-refractivity contribution >= 4 is 0 Å². The lowest BCUT2D eigenvalue weighted by atomic mass is 9.99. The van der Waals surface area contributed by atoms with Crippen LogP contribution < -0.4 is 10.2 Å². The van der Waals surface area contributed by atoms with Gasteiger partial charge in [0.1, 0.15) is 17.8 Å². The highest BCUT2D eigenvalue weighted by Gasteiger charge is 2.18. The fourth-order valence-corrected chi connectivity index (χ4v) is 2.73. The molecule has 2 heterocycles. The van der Waals surface area contributed by atoms with Crippen molar-refractivity contribution in [2.75, 3.05) is 13.2 Å². The molecule has 1 N–H and O–H groups in total. The Morgan fingerprint density at radius 3 is 2.95 bits per heavy atom. The summed E-state index contributed by atoms with van der Waals surface area (Å²) in [6, 6.07) is 7.56. The van der Waals surface area contributed by atoms with Crippen molar-refractivity contribution in [1.29, 1.82) is 0 Å². The van der Waals surface area contributed by atoms with Crippen molar-refractivity contribution in [2.24, 2.45) is 0 Å². The Kier molecular flexibility index (Phi) is 4.15. The maximum absolute atomic E-state index is 11.5. The van der Waals surface area contributed by atoms with Gasteiger partial charge in [0, 0.05) is 19.2 Å². The predicted octanol–water partition coefficient (Wildman–Crippen LogP) is 2.30. The van der Waals surface area contributed by atoms with Gasteiger partial charge in [-0.25, -0.2) is 0 Å². The first-order valence-corrected chi connectivity index (χ1v) is 7.43. The largest absolute Gasteiger partial charge is 0.502 e. The second-order valence-electron chi connectivity index (χ2n) is 5.42. The van der Waals surface area contributed by atoms with Gasteiger partial charge in [0.15, 0.2) is 5.75 Å². The van der Waals surface area contributed by atoms with Gasteiger partial charge in [-0.3, -0.25) is 9.69 Å². The monoisotopic (exact) mass is 301 g/mol. The Labute approximate surface area is 128 Å². The number of hydrogen-bond donors (Lipinski definition) is 1. The van der Waals surface area contributed by atoms with E-state index in [-0.39, 0.29) is 5.75 Å². The second kappa shape index (κ2) is 6.23. The number of rotatable bonds is 4. The molecule has 0 saturated carbocycles. The van der Waals surface area contributed by atoms with Crippen LogP contribution in [0.4, 0.5) is 0 Å². The molecular formula is C17H19NO4. The Hall–Kier alpha value is -2.27. The maximum atomic E-state index is 11.5. The van der Waals surface area contributed by atoms with Crippen molar-refractivity contribution in [1.82, 2.24) is 4.90 Å². The number of hydrogen-bond acceptors (Lipinski definition) is 5. The van der Waals surface area contributed by atoms with Crippen LogP contribution in [0.1, 0.15) is 23.8 Å².